The second-order valence-electron chi connectivity index (χ2n) is 4.03. The number of aromatic nitrogens is 1. The fourth-order valence-electron chi connectivity index (χ4n) is 1.89. The lowest BCUT2D eigenvalue weighted by atomic mass is 10.1. The molecule has 2 aromatic heterocycles. The summed E-state index contributed by atoms with van der Waals surface area (Å²) in [5.41, 5.74) is 1.94. The predicted octanol–water partition coefficient (Wildman–Crippen LogP) is 2.77. The monoisotopic (exact) mass is 246 g/mol. The molecule has 2 aromatic rings. The zero-order valence-electron chi connectivity index (χ0n) is 10.7. The third-order valence-electron chi connectivity index (χ3n) is 2.77. The van der Waals surface area contributed by atoms with E-state index in [9.17, 15) is 0 Å². The first-order valence-corrected chi connectivity index (χ1v) is 6.11. The van der Waals surface area contributed by atoms with Crippen LogP contribution in [-0.2, 0) is 0 Å². The van der Waals surface area contributed by atoms with E-state index in [4.69, 9.17) is 9.15 Å². The number of methoxy groups -OCH3 is 1. The topological polar surface area (TPSA) is 47.3 Å². The molecule has 0 fully saturated rings. The van der Waals surface area contributed by atoms with Crippen LogP contribution in [0.15, 0.2) is 41.3 Å². The summed E-state index contributed by atoms with van der Waals surface area (Å²) >= 11 is 0. The van der Waals surface area contributed by atoms with Crippen molar-refractivity contribution in [1.82, 2.24) is 10.3 Å². The molecule has 0 saturated carbocycles. The van der Waals surface area contributed by atoms with Crippen molar-refractivity contribution in [2.75, 3.05) is 13.7 Å². The Labute approximate surface area is 107 Å². The van der Waals surface area contributed by atoms with Crippen molar-refractivity contribution in [2.24, 2.45) is 0 Å². The number of nitrogens with one attached hydrogen (secondary N) is 1. The molecule has 2 heterocycles. The summed E-state index contributed by atoms with van der Waals surface area (Å²) in [6.45, 7) is 3.05. The van der Waals surface area contributed by atoms with Crippen LogP contribution >= 0.6 is 0 Å². The Kier molecular flexibility index (Phi) is 4.36. The number of ether oxygens (including phenoxy) is 1. The maximum atomic E-state index is 5.37. The van der Waals surface area contributed by atoms with Gasteiger partial charge in [-0.1, -0.05) is 6.92 Å². The smallest absolute Gasteiger partial charge is 0.142 e. The highest BCUT2D eigenvalue weighted by atomic mass is 16.5. The molecular weight excluding hydrogens is 228 g/mol. The van der Waals surface area contributed by atoms with E-state index < -0.39 is 0 Å². The zero-order valence-corrected chi connectivity index (χ0v) is 10.7. The van der Waals surface area contributed by atoms with Gasteiger partial charge in [-0.25, -0.2) is 0 Å². The molecule has 0 aliphatic heterocycles. The van der Waals surface area contributed by atoms with Crippen molar-refractivity contribution in [3.05, 3.63) is 48.2 Å². The van der Waals surface area contributed by atoms with Crippen LogP contribution in [-0.4, -0.2) is 18.6 Å². The second kappa shape index (κ2) is 6.21. The summed E-state index contributed by atoms with van der Waals surface area (Å²) in [5.74, 6) is 0.785. The molecule has 0 amide bonds. The normalized spacial score (nSPS) is 12.3. The van der Waals surface area contributed by atoms with E-state index in [0.717, 1.165) is 30.0 Å². The van der Waals surface area contributed by atoms with Gasteiger partial charge in [0.1, 0.15) is 11.4 Å². The second-order valence-corrected chi connectivity index (χ2v) is 4.03. The first kappa shape index (κ1) is 12.6. The minimum atomic E-state index is -0.000139. The Hall–Kier alpha value is -1.81. The molecule has 0 saturated heterocycles. The number of nitrogens with zero attached hydrogens (tertiary/aromatic N) is 1. The summed E-state index contributed by atoms with van der Waals surface area (Å²) in [6, 6.07) is 5.74. The number of hydrogen-bond acceptors (Lipinski definition) is 4. The predicted molar refractivity (Wildman–Crippen MR) is 69.6 cm³/mol. The summed E-state index contributed by atoms with van der Waals surface area (Å²) in [5, 5.41) is 3.46. The van der Waals surface area contributed by atoms with E-state index in [1.165, 1.54) is 0 Å². The first-order valence-electron chi connectivity index (χ1n) is 6.11. The molecule has 0 aliphatic carbocycles. The van der Waals surface area contributed by atoms with Crippen molar-refractivity contribution >= 4 is 0 Å². The fourth-order valence-corrected chi connectivity index (χ4v) is 1.89. The van der Waals surface area contributed by atoms with Gasteiger partial charge in [0.05, 0.1) is 25.7 Å². The molecule has 1 atom stereocenters. The number of furan rings is 1. The molecule has 0 spiro atoms. The highest BCUT2D eigenvalue weighted by Gasteiger charge is 2.19. The summed E-state index contributed by atoms with van der Waals surface area (Å²) in [7, 11) is 1.66. The standard InChI is InChI=1S/C14H18N2O2/c1-3-7-15-13(11-6-9-18-10-11)14-12(17-2)5-4-8-16-14/h4-6,8-10,13,15H,3,7H2,1-2H3. The van der Waals surface area contributed by atoms with Gasteiger partial charge in [-0.15, -0.1) is 0 Å². The van der Waals surface area contributed by atoms with Crippen LogP contribution in [0.5, 0.6) is 5.75 Å². The molecule has 0 aromatic carbocycles. The zero-order chi connectivity index (χ0) is 12.8. The molecular formula is C14H18N2O2. The van der Waals surface area contributed by atoms with Gasteiger partial charge in [0, 0.05) is 11.8 Å². The van der Waals surface area contributed by atoms with Crippen LogP contribution in [0.25, 0.3) is 0 Å². The molecule has 4 nitrogen and oxygen atoms in total. The minimum Gasteiger partial charge on any atom is -0.495 e. The highest BCUT2D eigenvalue weighted by molar-refractivity contribution is 5.35. The molecule has 0 aliphatic rings. The summed E-state index contributed by atoms with van der Waals surface area (Å²) < 4.78 is 10.5. The third kappa shape index (κ3) is 2.71. The van der Waals surface area contributed by atoms with Gasteiger partial charge in [-0.05, 0) is 31.2 Å². The Morgan fingerprint density at radius 3 is 3.00 bits per heavy atom. The lowest BCUT2D eigenvalue weighted by Gasteiger charge is -2.18. The lowest BCUT2D eigenvalue weighted by Crippen LogP contribution is -2.24. The van der Waals surface area contributed by atoms with Gasteiger partial charge in [0.25, 0.3) is 0 Å². The summed E-state index contributed by atoms with van der Waals surface area (Å²) in [6.07, 6.45) is 6.24. The van der Waals surface area contributed by atoms with E-state index in [-0.39, 0.29) is 6.04 Å². The largest absolute Gasteiger partial charge is 0.495 e. The van der Waals surface area contributed by atoms with Crippen molar-refractivity contribution in [3.8, 4) is 5.75 Å². The van der Waals surface area contributed by atoms with Crippen molar-refractivity contribution in [2.45, 2.75) is 19.4 Å². The van der Waals surface area contributed by atoms with Gasteiger partial charge in [0.15, 0.2) is 0 Å². The van der Waals surface area contributed by atoms with Gasteiger partial charge < -0.3 is 14.5 Å². The van der Waals surface area contributed by atoms with Crippen LogP contribution in [0.3, 0.4) is 0 Å². The van der Waals surface area contributed by atoms with E-state index in [1.54, 1.807) is 25.8 Å². The van der Waals surface area contributed by atoms with E-state index in [1.807, 2.05) is 18.2 Å². The van der Waals surface area contributed by atoms with Gasteiger partial charge in [-0.3, -0.25) is 4.98 Å². The molecule has 4 heteroatoms. The third-order valence-corrected chi connectivity index (χ3v) is 2.77. The fraction of sp³-hybridized carbons (Fsp3) is 0.357. The average Bonchev–Trinajstić information content (AvgIpc) is 2.94. The van der Waals surface area contributed by atoms with Crippen molar-refractivity contribution in [1.29, 1.82) is 0 Å². The van der Waals surface area contributed by atoms with Crippen LogP contribution in [0.2, 0.25) is 0 Å². The van der Waals surface area contributed by atoms with Gasteiger partial charge >= 0.3 is 0 Å². The van der Waals surface area contributed by atoms with E-state index >= 15 is 0 Å². The maximum Gasteiger partial charge on any atom is 0.142 e. The summed E-state index contributed by atoms with van der Waals surface area (Å²) in [4.78, 5) is 4.43. The van der Waals surface area contributed by atoms with Crippen LogP contribution in [0, 0.1) is 0 Å². The maximum absolute atomic E-state index is 5.37. The van der Waals surface area contributed by atoms with Crippen molar-refractivity contribution < 1.29 is 9.15 Å². The average molecular weight is 246 g/mol. The molecule has 1 N–H and O–H groups in total. The van der Waals surface area contributed by atoms with Crippen LogP contribution in [0.4, 0.5) is 0 Å². The van der Waals surface area contributed by atoms with Crippen LogP contribution in [0.1, 0.15) is 30.6 Å². The van der Waals surface area contributed by atoms with Gasteiger partial charge in [-0.2, -0.15) is 0 Å². The number of rotatable bonds is 6. The van der Waals surface area contributed by atoms with Crippen molar-refractivity contribution in [3.63, 3.8) is 0 Å². The Bertz CT molecular complexity index is 468. The molecule has 0 bridgehead atoms. The molecule has 0 radical (unpaired) electrons. The van der Waals surface area contributed by atoms with Crippen LogP contribution < -0.4 is 10.1 Å². The SMILES string of the molecule is CCCNC(c1ccoc1)c1ncccc1OC. The number of pyridine rings is 1. The quantitative estimate of drug-likeness (QED) is 0.851. The van der Waals surface area contributed by atoms with E-state index in [2.05, 4.69) is 17.2 Å². The van der Waals surface area contributed by atoms with Gasteiger partial charge in [0.2, 0.25) is 0 Å². The minimum absolute atomic E-state index is 0.000139. The number of hydrogen-bond donors (Lipinski definition) is 1. The molecule has 96 valence electrons. The Morgan fingerprint density at radius 2 is 2.33 bits per heavy atom. The van der Waals surface area contributed by atoms with E-state index in [0.29, 0.717) is 0 Å². The first-order chi connectivity index (χ1) is 8.86. The Morgan fingerprint density at radius 1 is 1.44 bits per heavy atom. The highest BCUT2D eigenvalue weighted by Crippen LogP contribution is 2.28. The molecule has 2 rings (SSSR count). The molecule has 18 heavy (non-hydrogen) atoms. The Balaban J connectivity index is 2.33. The molecule has 1 unspecified atom stereocenters. The lowest BCUT2D eigenvalue weighted by molar-refractivity contribution is 0.399.